The first-order chi connectivity index (χ1) is 13.3. The molecule has 1 amide bonds. The molecule has 162 valence electrons. The van der Waals surface area contributed by atoms with E-state index in [4.69, 9.17) is 4.74 Å². The maximum Gasteiger partial charge on any atom is 0.310 e. The fourth-order valence-electron chi connectivity index (χ4n) is 3.65. The molecule has 0 heterocycles. The number of benzene rings is 1. The third-order valence-corrected chi connectivity index (χ3v) is 6.62. The van der Waals surface area contributed by atoms with Crippen molar-refractivity contribution < 1.29 is 22.7 Å². The van der Waals surface area contributed by atoms with Gasteiger partial charge in [-0.15, -0.1) is 0 Å². The van der Waals surface area contributed by atoms with Gasteiger partial charge in [0.25, 0.3) is 0 Å². The predicted molar refractivity (Wildman–Crippen MR) is 111 cm³/mol. The number of carbonyl (C=O) groups excluding carboxylic acids is 2. The Morgan fingerprint density at radius 2 is 1.69 bits per heavy atom. The van der Waals surface area contributed by atoms with Crippen LogP contribution in [-0.2, 0) is 24.3 Å². The highest BCUT2D eigenvalue weighted by molar-refractivity contribution is 7.88. The minimum absolute atomic E-state index is 0.227. The Morgan fingerprint density at radius 1 is 1.14 bits per heavy atom. The summed E-state index contributed by atoms with van der Waals surface area (Å²) in [6.45, 7) is 7.19. The average Bonchev–Trinajstić information content (AvgIpc) is 3.05. The highest BCUT2D eigenvalue weighted by Crippen LogP contribution is 2.37. The van der Waals surface area contributed by atoms with Gasteiger partial charge < -0.3 is 10.1 Å². The molecular formula is C21H32N2O5S. The molecule has 1 aromatic carbocycles. The monoisotopic (exact) mass is 424 g/mol. The van der Waals surface area contributed by atoms with Gasteiger partial charge in [-0.25, -0.2) is 12.7 Å². The number of rotatable bonds is 6. The molecule has 1 aromatic rings. The van der Waals surface area contributed by atoms with Crippen molar-refractivity contribution in [2.24, 2.45) is 11.8 Å². The zero-order valence-electron chi connectivity index (χ0n) is 18.0. The van der Waals surface area contributed by atoms with Crippen LogP contribution in [0.5, 0.6) is 0 Å². The molecule has 8 heteroatoms. The van der Waals surface area contributed by atoms with Crippen molar-refractivity contribution in [2.75, 3.05) is 13.3 Å². The van der Waals surface area contributed by atoms with E-state index in [1.54, 1.807) is 20.8 Å². The van der Waals surface area contributed by atoms with Crippen molar-refractivity contribution in [3.63, 3.8) is 0 Å². The number of nitrogens with one attached hydrogen (secondary N) is 1. The summed E-state index contributed by atoms with van der Waals surface area (Å²) in [4.78, 5) is 25.8. The maximum atomic E-state index is 13.0. The van der Waals surface area contributed by atoms with Gasteiger partial charge in [-0.05, 0) is 46.1 Å². The fraction of sp³-hybridized carbons (Fsp3) is 0.619. The number of amides is 1. The summed E-state index contributed by atoms with van der Waals surface area (Å²) >= 11 is 0. The van der Waals surface area contributed by atoms with E-state index in [2.05, 4.69) is 5.32 Å². The quantitative estimate of drug-likeness (QED) is 0.708. The lowest BCUT2D eigenvalue weighted by Gasteiger charge is -2.25. The zero-order chi connectivity index (χ0) is 22.0. The van der Waals surface area contributed by atoms with E-state index in [0.29, 0.717) is 0 Å². The molecule has 1 N–H and O–H groups in total. The second-order valence-electron chi connectivity index (χ2n) is 8.79. The van der Waals surface area contributed by atoms with Gasteiger partial charge in [0.1, 0.15) is 5.60 Å². The van der Waals surface area contributed by atoms with Crippen LogP contribution in [0, 0.1) is 11.8 Å². The van der Waals surface area contributed by atoms with Gasteiger partial charge in [-0.3, -0.25) is 9.59 Å². The summed E-state index contributed by atoms with van der Waals surface area (Å²) in [7, 11) is -1.95. The van der Waals surface area contributed by atoms with Crippen molar-refractivity contribution >= 4 is 21.9 Å². The standard InChI is InChI=1S/C21H32N2O5S/c1-14(15-10-8-7-9-11-15)22-19(24)17-12-16(23(5)29(6,26)27)13-18(17)20(25)28-21(2,3)4/h7-11,14,16-18H,12-13H2,1-6H3,(H,22,24)/t14-,16+,17+,18+/m0/s1. The van der Waals surface area contributed by atoms with Gasteiger partial charge in [0.05, 0.1) is 24.1 Å². The van der Waals surface area contributed by atoms with Crippen LogP contribution < -0.4 is 5.32 Å². The van der Waals surface area contributed by atoms with E-state index in [0.717, 1.165) is 11.8 Å². The largest absolute Gasteiger partial charge is 0.460 e. The van der Waals surface area contributed by atoms with Crippen molar-refractivity contribution in [1.29, 1.82) is 0 Å². The second kappa shape index (κ2) is 8.83. The molecule has 0 aliphatic heterocycles. The minimum atomic E-state index is -3.44. The van der Waals surface area contributed by atoms with E-state index in [1.165, 1.54) is 11.4 Å². The van der Waals surface area contributed by atoms with E-state index in [1.807, 2.05) is 37.3 Å². The number of hydrogen-bond acceptors (Lipinski definition) is 5. The Balaban J connectivity index is 2.21. The lowest BCUT2D eigenvalue weighted by Crippen LogP contribution is -2.39. The molecule has 1 aliphatic rings. The molecule has 0 saturated heterocycles. The number of esters is 1. The molecule has 0 radical (unpaired) electrons. The van der Waals surface area contributed by atoms with E-state index < -0.39 is 39.5 Å². The van der Waals surface area contributed by atoms with Gasteiger partial charge in [0.15, 0.2) is 0 Å². The summed E-state index contributed by atoms with van der Waals surface area (Å²) in [6, 6.07) is 8.89. The van der Waals surface area contributed by atoms with Gasteiger partial charge in [0.2, 0.25) is 15.9 Å². The number of sulfonamides is 1. The van der Waals surface area contributed by atoms with Gasteiger partial charge in [-0.1, -0.05) is 30.3 Å². The Bertz CT molecular complexity index is 832. The van der Waals surface area contributed by atoms with Crippen molar-refractivity contribution in [2.45, 2.75) is 58.2 Å². The molecule has 1 saturated carbocycles. The van der Waals surface area contributed by atoms with Gasteiger partial charge >= 0.3 is 5.97 Å². The molecule has 0 spiro atoms. The smallest absolute Gasteiger partial charge is 0.310 e. The van der Waals surface area contributed by atoms with Crippen LogP contribution in [0.1, 0.15) is 52.1 Å². The molecule has 29 heavy (non-hydrogen) atoms. The zero-order valence-corrected chi connectivity index (χ0v) is 18.8. The summed E-state index contributed by atoms with van der Waals surface area (Å²) in [5.41, 5.74) is 0.272. The lowest BCUT2D eigenvalue weighted by molar-refractivity contribution is -0.162. The highest BCUT2D eigenvalue weighted by atomic mass is 32.2. The highest BCUT2D eigenvalue weighted by Gasteiger charge is 2.47. The van der Waals surface area contributed by atoms with E-state index in [-0.39, 0.29) is 24.8 Å². The number of nitrogens with zero attached hydrogens (tertiary/aromatic N) is 1. The third-order valence-electron chi connectivity index (χ3n) is 5.28. The third kappa shape index (κ3) is 6.27. The lowest BCUT2D eigenvalue weighted by atomic mass is 9.94. The van der Waals surface area contributed by atoms with Gasteiger partial charge in [0, 0.05) is 13.1 Å². The Morgan fingerprint density at radius 3 is 2.21 bits per heavy atom. The van der Waals surface area contributed by atoms with Crippen LogP contribution in [0.15, 0.2) is 30.3 Å². The van der Waals surface area contributed by atoms with Gasteiger partial charge in [-0.2, -0.15) is 0 Å². The van der Waals surface area contributed by atoms with Crippen LogP contribution in [0.3, 0.4) is 0 Å². The molecule has 7 nitrogen and oxygen atoms in total. The Labute approximate surface area is 173 Å². The summed E-state index contributed by atoms with van der Waals surface area (Å²) in [5.74, 6) is -2.06. The van der Waals surface area contributed by atoms with Crippen LogP contribution in [0.2, 0.25) is 0 Å². The molecule has 0 aromatic heterocycles. The first-order valence-corrected chi connectivity index (χ1v) is 11.7. The van der Waals surface area contributed by atoms with Crippen molar-refractivity contribution in [3.8, 4) is 0 Å². The average molecular weight is 425 g/mol. The van der Waals surface area contributed by atoms with Crippen LogP contribution >= 0.6 is 0 Å². The molecular weight excluding hydrogens is 392 g/mol. The summed E-state index contributed by atoms with van der Waals surface area (Å²) in [5, 5.41) is 2.97. The minimum Gasteiger partial charge on any atom is -0.460 e. The molecule has 0 bridgehead atoms. The summed E-state index contributed by atoms with van der Waals surface area (Å²) < 4.78 is 30.7. The Kier molecular flexibility index (Phi) is 7.11. The van der Waals surface area contributed by atoms with Crippen LogP contribution in [0.4, 0.5) is 0 Å². The fourth-order valence-corrected chi connectivity index (χ4v) is 4.37. The predicted octanol–water partition coefficient (Wildman–Crippen LogP) is 2.49. The molecule has 4 atom stereocenters. The first-order valence-electron chi connectivity index (χ1n) is 9.81. The van der Waals surface area contributed by atoms with Crippen LogP contribution in [0.25, 0.3) is 0 Å². The van der Waals surface area contributed by atoms with Crippen molar-refractivity contribution in [3.05, 3.63) is 35.9 Å². The number of hydrogen-bond donors (Lipinski definition) is 1. The number of carbonyl (C=O) groups is 2. The maximum absolute atomic E-state index is 13.0. The molecule has 1 fully saturated rings. The van der Waals surface area contributed by atoms with E-state index >= 15 is 0 Å². The van der Waals surface area contributed by atoms with Crippen LogP contribution in [-0.4, -0.2) is 49.5 Å². The molecule has 1 aliphatic carbocycles. The van der Waals surface area contributed by atoms with Crippen molar-refractivity contribution in [1.82, 2.24) is 9.62 Å². The summed E-state index contributed by atoms with van der Waals surface area (Å²) in [6.07, 6.45) is 1.66. The van der Waals surface area contributed by atoms with E-state index in [9.17, 15) is 18.0 Å². The molecule has 2 rings (SSSR count). The SMILES string of the molecule is C[C@H](NC(=O)[C@@H]1C[C@@H](N(C)S(C)(=O)=O)C[C@H]1C(=O)OC(C)(C)C)c1ccccc1. The Hall–Kier alpha value is -1.93. The number of ether oxygens (including phenoxy) is 1. The molecule has 0 unspecified atom stereocenters. The normalized spacial score (nSPS) is 23.6. The first kappa shape index (κ1) is 23.3. The topological polar surface area (TPSA) is 92.8 Å². The second-order valence-corrected chi connectivity index (χ2v) is 10.8.